The van der Waals surface area contributed by atoms with Crippen molar-refractivity contribution in [2.45, 2.75) is 0 Å². The van der Waals surface area contributed by atoms with Crippen molar-refractivity contribution in [2.24, 2.45) is 0 Å². The number of piperazine rings is 1. The molecule has 20 heavy (non-hydrogen) atoms. The van der Waals surface area contributed by atoms with Crippen LogP contribution in [0.5, 0.6) is 0 Å². The lowest BCUT2D eigenvalue weighted by Gasteiger charge is -2.36. The summed E-state index contributed by atoms with van der Waals surface area (Å²) < 4.78 is 0. The smallest absolute Gasteiger partial charge is 0.134 e. The third kappa shape index (κ3) is 2.77. The predicted molar refractivity (Wildman–Crippen MR) is 82.3 cm³/mol. The van der Waals surface area contributed by atoms with Gasteiger partial charge in [0.1, 0.15) is 18.0 Å². The van der Waals surface area contributed by atoms with E-state index in [0.29, 0.717) is 5.82 Å². The van der Waals surface area contributed by atoms with Gasteiger partial charge in [-0.25, -0.2) is 9.97 Å². The van der Waals surface area contributed by atoms with Crippen LogP contribution in [0.4, 0.5) is 17.3 Å². The second kappa shape index (κ2) is 5.54. The number of nitrogen functional groups attached to an aromatic ring is 1. The van der Waals surface area contributed by atoms with E-state index in [1.165, 1.54) is 12.0 Å². The molecule has 1 fully saturated rings. The minimum atomic E-state index is 0.509. The standard InChI is InChI=1S/C14H16ClN5/c15-11-1-3-12(4-2-11)19-5-7-20(8-6-19)14-9-13(16)17-10-18-14/h1-4,9-10H,5-8H2,(H2,16,17,18). The number of aromatic nitrogens is 2. The molecule has 5 nitrogen and oxygen atoms in total. The minimum Gasteiger partial charge on any atom is -0.384 e. The van der Waals surface area contributed by atoms with Gasteiger partial charge >= 0.3 is 0 Å². The summed E-state index contributed by atoms with van der Waals surface area (Å²) in [4.78, 5) is 12.8. The van der Waals surface area contributed by atoms with Crippen LogP contribution in [-0.2, 0) is 0 Å². The summed E-state index contributed by atoms with van der Waals surface area (Å²) in [7, 11) is 0. The average Bonchev–Trinajstić information content (AvgIpc) is 2.48. The Hall–Kier alpha value is -2.01. The largest absolute Gasteiger partial charge is 0.384 e. The summed E-state index contributed by atoms with van der Waals surface area (Å²) in [5, 5.41) is 0.767. The van der Waals surface area contributed by atoms with Crippen LogP contribution >= 0.6 is 11.6 Å². The van der Waals surface area contributed by atoms with Crippen molar-refractivity contribution in [3.05, 3.63) is 41.7 Å². The van der Waals surface area contributed by atoms with E-state index in [0.717, 1.165) is 37.0 Å². The molecule has 1 aliphatic heterocycles. The fourth-order valence-corrected chi connectivity index (χ4v) is 2.51. The van der Waals surface area contributed by atoms with Gasteiger partial charge in [-0.15, -0.1) is 0 Å². The van der Waals surface area contributed by atoms with Crippen LogP contribution in [0.3, 0.4) is 0 Å². The highest BCUT2D eigenvalue weighted by Gasteiger charge is 2.18. The maximum atomic E-state index is 5.92. The van der Waals surface area contributed by atoms with Gasteiger partial charge in [0, 0.05) is 43.0 Å². The first kappa shape index (κ1) is 13.0. The number of rotatable bonds is 2. The van der Waals surface area contributed by atoms with Crippen LogP contribution in [0.25, 0.3) is 0 Å². The van der Waals surface area contributed by atoms with Crippen LogP contribution in [0.15, 0.2) is 36.7 Å². The Balaban J connectivity index is 1.66. The molecule has 2 heterocycles. The maximum absolute atomic E-state index is 5.92. The third-order valence-electron chi connectivity index (χ3n) is 3.47. The number of anilines is 3. The molecule has 0 radical (unpaired) electrons. The molecular weight excluding hydrogens is 274 g/mol. The van der Waals surface area contributed by atoms with Crippen LogP contribution in [0, 0.1) is 0 Å². The molecule has 0 spiro atoms. The van der Waals surface area contributed by atoms with Crippen molar-refractivity contribution in [1.29, 1.82) is 0 Å². The highest BCUT2D eigenvalue weighted by molar-refractivity contribution is 6.30. The van der Waals surface area contributed by atoms with E-state index in [9.17, 15) is 0 Å². The van der Waals surface area contributed by atoms with Gasteiger partial charge in [0.2, 0.25) is 0 Å². The van der Waals surface area contributed by atoms with Crippen molar-refractivity contribution in [3.63, 3.8) is 0 Å². The van der Waals surface area contributed by atoms with Gasteiger partial charge in [-0.1, -0.05) is 11.6 Å². The second-order valence-electron chi connectivity index (χ2n) is 4.75. The Bertz CT molecular complexity index is 578. The molecule has 2 aromatic rings. The number of hydrogen-bond acceptors (Lipinski definition) is 5. The van der Waals surface area contributed by atoms with Gasteiger partial charge in [-0.3, -0.25) is 0 Å². The molecule has 0 atom stereocenters. The first-order chi connectivity index (χ1) is 9.72. The first-order valence-electron chi connectivity index (χ1n) is 6.55. The molecule has 1 aromatic heterocycles. The van der Waals surface area contributed by atoms with E-state index < -0.39 is 0 Å². The summed E-state index contributed by atoms with van der Waals surface area (Å²) in [5.74, 6) is 1.41. The molecule has 6 heteroatoms. The zero-order chi connectivity index (χ0) is 13.9. The third-order valence-corrected chi connectivity index (χ3v) is 3.72. The van der Waals surface area contributed by atoms with Crippen molar-refractivity contribution in [2.75, 3.05) is 41.7 Å². The first-order valence-corrected chi connectivity index (χ1v) is 6.93. The minimum absolute atomic E-state index is 0.509. The number of nitrogens with zero attached hydrogens (tertiary/aromatic N) is 4. The van der Waals surface area contributed by atoms with Crippen LogP contribution < -0.4 is 15.5 Å². The van der Waals surface area contributed by atoms with E-state index >= 15 is 0 Å². The van der Waals surface area contributed by atoms with Crippen LogP contribution in [0.2, 0.25) is 5.02 Å². The van der Waals surface area contributed by atoms with Crippen LogP contribution in [-0.4, -0.2) is 36.1 Å². The Morgan fingerprint density at radius 2 is 1.60 bits per heavy atom. The summed E-state index contributed by atoms with van der Waals surface area (Å²) in [6.45, 7) is 3.73. The Kier molecular flexibility index (Phi) is 3.60. The number of halogens is 1. The van der Waals surface area contributed by atoms with Crippen molar-refractivity contribution >= 4 is 28.9 Å². The molecule has 0 bridgehead atoms. The predicted octanol–water partition coefficient (Wildman–Crippen LogP) is 2.04. The molecule has 1 aromatic carbocycles. The van der Waals surface area contributed by atoms with E-state index in [1.807, 2.05) is 18.2 Å². The fourth-order valence-electron chi connectivity index (χ4n) is 2.38. The van der Waals surface area contributed by atoms with Gasteiger partial charge in [0.15, 0.2) is 0 Å². The average molecular weight is 290 g/mol. The monoisotopic (exact) mass is 289 g/mol. The molecule has 0 aliphatic carbocycles. The van der Waals surface area contributed by atoms with E-state index in [4.69, 9.17) is 17.3 Å². The lowest BCUT2D eigenvalue weighted by molar-refractivity contribution is 0.647. The van der Waals surface area contributed by atoms with E-state index in [-0.39, 0.29) is 0 Å². The summed E-state index contributed by atoms with van der Waals surface area (Å²) in [6, 6.07) is 9.78. The molecule has 0 saturated carbocycles. The SMILES string of the molecule is Nc1cc(N2CCN(c3ccc(Cl)cc3)CC2)ncn1. The lowest BCUT2D eigenvalue weighted by atomic mass is 10.2. The quantitative estimate of drug-likeness (QED) is 0.917. The summed E-state index contributed by atoms with van der Waals surface area (Å²) >= 11 is 5.92. The molecule has 1 aliphatic rings. The second-order valence-corrected chi connectivity index (χ2v) is 5.19. The topological polar surface area (TPSA) is 58.3 Å². The van der Waals surface area contributed by atoms with E-state index in [2.05, 4.69) is 31.9 Å². The van der Waals surface area contributed by atoms with Crippen molar-refractivity contribution in [1.82, 2.24) is 9.97 Å². The number of benzene rings is 1. The zero-order valence-electron chi connectivity index (χ0n) is 11.0. The molecule has 0 amide bonds. The van der Waals surface area contributed by atoms with Gasteiger partial charge in [-0.2, -0.15) is 0 Å². The Morgan fingerprint density at radius 3 is 2.25 bits per heavy atom. The molecule has 104 valence electrons. The van der Waals surface area contributed by atoms with Gasteiger partial charge in [0.25, 0.3) is 0 Å². The zero-order valence-corrected chi connectivity index (χ0v) is 11.8. The van der Waals surface area contributed by atoms with Gasteiger partial charge < -0.3 is 15.5 Å². The molecule has 1 saturated heterocycles. The molecule has 0 unspecified atom stereocenters. The van der Waals surface area contributed by atoms with Crippen LogP contribution in [0.1, 0.15) is 0 Å². The van der Waals surface area contributed by atoms with Gasteiger partial charge in [0.05, 0.1) is 0 Å². The highest BCUT2D eigenvalue weighted by atomic mass is 35.5. The Morgan fingerprint density at radius 1 is 0.950 bits per heavy atom. The maximum Gasteiger partial charge on any atom is 0.134 e. The van der Waals surface area contributed by atoms with E-state index in [1.54, 1.807) is 0 Å². The lowest BCUT2D eigenvalue weighted by Crippen LogP contribution is -2.46. The van der Waals surface area contributed by atoms with Gasteiger partial charge in [-0.05, 0) is 24.3 Å². The molecule has 2 N–H and O–H groups in total. The number of nitrogens with two attached hydrogens (primary N) is 1. The Labute approximate surface area is 123 Å². The normalized spacial score (nSPS) is 15.4. The van der Waals surface area contributed by atoms with Crippen molar-refractivity contribution < 1.29 is 0 Å². The molecule has 3 rings (SSSR count). The summed E-state index contributed by atoms with van der Waals surface area (Å²) in [5.41, 5.74) is 6.90. The molecular formula is C14H16ClN5. The highest BCUT2D eigenvalue weighted by Crippen LogP contribution is 2.21. The summed E-state index contributed by atoms with van der Waals surface area (Å²) in [6.07, 6.45) is 1.51. The fraction of sp³-hybridized carbons (Fsp3) is 0.286. The number of hydrogen-bond donors (Lipinski definition) is 1. The van der Waals surface area contributed by atoms with Crippen molar-refractivity contribution in [3.8, 4) is 0 Å².